The zero-order valence-electron chi connectivity index (χ0n) is 14.8. The molecule has 0 radical (unpaired) electrons. The van der Waals surface area contributed by atoms with E-state index in [0.29, 0.717) is 22.6 Å². The van der Waals surface area contributed by atoms with E-state index in [9.17, 15) is 4.79 Å². The van der Waals surface area contributed by atoms with Crippen LogP contribution in [-0.4, -0.2) is 20.9 Å². The normalized spacial score (nSPS) is 10.6. The Morgan fingerprint density at radius 2 is 1.82 bits per heavy atom. The van der Waals surface area contributed by atoms with Crippen LogP contribution in [0.1, 0.15) is 15.9 Å². The Morgan fingerprint density at radius 1 is 1.00 bits per heavy atom. The molecule has 4 aromatic rings. The molecule has 0 spiro atoms. The monoisotopic (exact) mass is 389 g/mol. The van der Waals surface area contributed by atoms with Gasteiger partial charge in [-0.1, -0.05) is 29.8 Å². The van der Waals surface area contributed by atoms with E-state index in [-0.39, 0.29) is 11.9 Å². The predicted molar refractivity (Wildman–Crippen MR) is 111 cm³/mol. The van der Waals surface area contributed by atoms with Gasteiger partial charge in [0.15, 0.2) is 0 Å². The smallest absolute Gasteiger partial charge is 0.260 e. The molecule has 0 unspecified atom stereocenters. The first-order valence-corrected chi connectivity index (χ1v) is 9.03. The molecule has 28 heavy (non-hydrogen) atoms. The standard InChI is InChI=1S/C21H16ClN5O/c22-17-5-3-7-19-16(17)13-25-21(26-19)27-20(28)15-4-1-2-6-18(15)24-12-14-8-10-23-11-9-14/h1-11,13,24H,12H2,(H,25,26,27,28). The summed E-state index contributed by atoms with van der Waals surface area (Å²) in [5.41, 5.74) is 2.97. The second-order valence-electron chi connectivity index (χ2n) is 6.07. The Morgan fingerprint density at radius 3 is 2.68 bits per heavy atom. The van der Waals surface area contributed by atoms with E-state index in [1.165, 1.54) is 0 Å². The number of amides is 1. The number of pyridine rings is 1. The van der Waals surface area contributed by atoms with Crippen molar-refractivity contribution in [2.45, 2.75) is 6.54 Å². The third-order valence-electron chi connectivity index (χ3n) is 4.20. The van der Waals surface area contributed by atoms with E-state index >= 15 is 0 Å². The van der Waals surface area contributed by atoms with Gasteiger partial charge in [-0.15, -0.1) is 0 Å². The quantitative estimate of drug-likeness (QED) is 0.523. The van der Waals surface area contributed by atoms with Gasteiger partial charge in [0.1, 0.15) is 0 Å². The topological polar surface area (TPSA) is 79.8 Å². The Bertz CT molecular complexity index is 1130. The number of benzene rings is 2. The third-order valence-corrected chi connectivity index (χ3v) is 4.53. The zero-order valence-corrected chi connectivity index (χ0v) is 15.5. The summed E-state index contributed by atoms with van der Waals surface area (Å²) in [6, 6.07) is 16.5. The number of nitrogens with zero attached hydrogens (tertiary/aromatic N) is 3. The fourth-order valence-electron chi connectivity index (χ4n) is 2.78. The van der Waals surface area contributed by atoms with E-state index in [4.69, 9.17) is 11.6 Å². The van der Waals surface area contributed by atoms with E-state index in [2.05, 4.69) is 25.6 Å². The molecule has 0 fully saturated rings. The highest BCUT2D eigenvalue weighted by molar-refractivity contribution is 6.35. The molecule has 0 bridgehead atoms. The van der Waals surface area contributed by atoms with Gasteiger partial charge in [-0.2, -0.15) is 0 Å². The summed E-state index contributed by atoms with van der Waals surface area (Å²) < 4.78 is 0. The Balaban J connectivity index is 1.53. The second-order valence-corrected chi connectivity index (χ2v) is 6.48. The van der Waals surface area contributed by atoms with Crippen LogP contribution in [0.15, 0.2) is 73.2 Å². The SMILES string of the molecule is O=C(Nc1ncc2c(Cl)cccc2n1)c1ccccc1NCc1ccncc1. The zero-order chi connectivity index (χ0) is 19.3. The van der Waals surface area contributed by atoms with Crippen molar-refractivity contribution in [1.29, 1.82) is 0 Å². The predicted octanol–water partition coefficient (Wildman–Crippen LogP) is 4.54. The summed E-state index contributed by atoms with van der Waals surface area (Å²) in [4.78, 5) is 25.4. The summed E-state index contributed by atoms with van der Waals surface area (Å²) >= 11 is 6.14. The summed E-state index contributed by atoms with van der Waals surface area (Å²) in [5, 5.41) is 7.35. The van der Waals surface area contributed by atoms with Crippen molar-refractivity contribution in [3.8, 4) is 0 Å². The number of fused-ring (bicyclic) bond motifs is 1. The molecule has 138 valence electrons. The Kier molecular flexibility index (Phi) is 5.12. The molecule has 4 rings (SSSR count). The summed E-state index contributed by atoms with van der Waals surface area (Å²) in [7, 11) is 0. The number of para-hydroxylation sites is 1. The highest BCUT2D eigenvalue weighted by atomic mass is 35.5. The number of halogens is 1. The fourth-order valence-corrected chi connectivity index (χ4v) is 3.00. The van der Waals surface area contributed by atoms with Crippen LogP contribution >= 0.6 is 11.6 Å². The first kappa shape index (κ1) is 17.9. The van der Waals surface area contributed by atoms with Crippen LogP contribution < -0.4 is 10.6 Å². The van der Waals surface area contributed by atoms with Crippen LogP contribution in [0.4, 0.5) is 11.6 Å². The van der Waals surface area contributed by atoms with Gasteiger partial charge in [-0.3, -0.25) is 15.1 Å². The molecule has 0 saturated heterocycles. The van der Waals surface area contributed by atoms with Crippen LogP contribution in [0.3, 0.4) is 0 Å². The van der Waals surface area contributed by atoms with E-state index in [1.807, 2.05) is 42.5 Å². The molecule has 0 aliphatic heterocycles. The van der Waals surface area contributed by atoms with Crippen molar-refractivity contribution in [2.24, 2.45) is 0 Å². The average molecular weight is 390 g/mol. The van der Waals surface area contributed by atoms with Crippen molar-refractivity contribution in [2.75, 3.05) is 10.6 Å². The molecule has 1 amide bonds. The van der Waals surface area contributed by atoms with Gasteiger partial charge >= 0.3 is 0 Å². The van der Waals surface area contributed by atoms with Gasteiger partial charge in [0.25, 0.3) is 5.91 Å². The largest absolute Gasteiger partial charge is 0.380 e. The van der Waals surface area contributed by atoms with E-state index in [1.54, 1.807) is 30.7 Å². The molecule has 2 aromatic heterocycles. The first-order chi connectivity index (χ1) is 13.7. The lowest BCUT2D eigenvalue weighted by Crippen LogP contribution is -2.16. The van der Waals surface area contributed by atoms with Gasteiger partial charge in [-0.05, 0) is 42.0 Å². The molecule has 0 atom stereocenters. The maximum absolute atomic E-state index is 12.8. The second kappa shape index (κ2) is 8.02. The molecule has 2 aromatic carbocycles. The van der Waals surface area contributed by atoms with Gasteiger partial charge in [-0.25, -0.2) is 9.97 Å². The van der Waals surface area contributed by atoms with Crippen LogP contribution in [0.5, 0.6) is 0 Å². The third kappa shape index (κ3) is 3.92. The lowest BCUT2D eigenvalue weighted by molar-refractivity contribution is 0.102. The molecule has 0 aliphatic carbocycles. The minimum Gasteiger partial charge on any atom is -0.380 e. The molecule has 2 N–H and O–H groups in total. The maximum atomic E-state index is 12.8. The summed E-state index contributed by atoms with van der Waals surface area (Å²) in [6.45, 7) is 0.581. The molecule has 2 heterocycles. The molecule has 6 nitrogen and oxygen atoms in total. The number of hydrogen-bond acceptors (Lipinski definition) is 5. The first-order valence-electron chi connectivity index (χ1n) is 8.65. The Hall–Kier alpha value is -3.51. The van der Waals surface area contributed by atoms with Gasteiger partial charge in [0.05, 0.1) is 16.1 Å². The van der Waals surface area contributed by atoms with Crippen LogP contribution in [0.25, 0.3) is 10.9 Å². The van der Waals surface area contributed by atoms with Gasteiger partial charge in [0.2, 0.25) is 5.95 Å². The lowest BCUT2D eigenvalue weighted by atomic mass is 10.1. The number of hydrogen-bond donors (Lipinski definition) is 2. The minimum absolute atomic E-state index is 0.226. The molecule has 0 saturated carbocycles. The van der Waals surface area contributed by atoms with Crippen molar-refractivity contribution >= 4 is 40.0 Å². The van der Waals surface area contributed by atoms with Gasteiger partial charge in [0, 0.05) is 36.2 Å². The maximum Gasteiger partial charge on any atom is 0.260 e. The average Bonchev–Trinajstić information content (AvgIpc) is 2.73. The van der Waals surface area contributed by atoms with Crippen molar-refractivity contribution < 1.29 is 4.79 Å². The van der Waals surface area contributed by atoms with Gasteiger partial charge < -0.3 is 5.32 Å². The van der Waals surface area contributed by atoms with Crippen LogP contribution in [0, 0.1) is 0 Å². The summed E-state index contributed by atoms with van der Waals surface area (Å²) in [6.07, 6.45) is 5.08. The highest BCUT2D eigenvalue weighted by Crippen LogP contribution is 2.22. The molecule has 7 heteroatoms. The highest BCUT2D eigenvalue weighted by Gasteiger charge is 2.13. The number of rotatable bonds is 5. The number of nitrogens with one attached hydrogen (secondary N) is 2. The van der Waals surface area contributed by atoms with Crippen LogP contribution in [-0.2, 0) is 6.54 Å². The molecular formula is C21H16ClN5O. The van der Waals surface area contributed by atoms with Crippen molar-refractivity contribution in [3.05, 3.63) is 89.3 Å². The van der Waals surface area contributed by atoms with Crippen LogP contribution in [0.2, 0.25) is 5.02 Å². The molecule has 0 aliphatic rings. The minimum atomic E-state index is -0.292. The fraction of sp³-hybridized carbons (Fsp3) is 0.0476. The summed E-state index contributed by atoms with van der Waals surface area (Å²) in [5.74, 6) is -0.0668. The number of carbonyl (C=O) groups is 1. The lowest BCUT2D eigenvalue weighted by Gasteiger charge is -2.12. The van der Waals surface area contributed by atoms with Crippen molar-refractivity contribution in [3.63, 3.8) is 0 Å². The number of aromatic nitrogens is 3. The Labute approximate surface area is 166 Å². The van der Waals surface area contributed by atoms with E-state index < -0.39 is 0 Å². The number of carbonyl (C=O) groups excluding carboxylic acids is 1. The van der Waals surface area contributed by atoms with E-state index in [0.717, 1.165) is 16.6 Å². The number of anilines is 2. The molecular weight excluding hydrogens is 374 g/mol. The van der Waals surface area contributed by atoms with Crippen molar-refractivity contribution in [1.82, 2.24) is 15.0 Å².